The van der Waals surface area contributed by atoms with Crippen LogP contribution >= 0.6 is 11.6 Å². The lowest BCUT2D eigenvalue weighted by molar-refractivity contribution is -0.149. The van der Waals surface area contributed by atoms with Crippen LogP contribution in [0.15, 0.2) is 36.4 Å². The van der Waals surface area contributed by atoms with E-state index in [1.54, 1.807) is 25.1 Å². The molecular formula is C19H18ClNO6. The van der Waals surface area contributed by atoms with Crippen LogP contribution in [0.25, 0.3) is 0 Å². The molecule has 0 spiro atoms. The molecule has 0 saturated carbocycles. The van der Waals surface area contributed by atoms with Crippen LogP contribution in [-0.2, 0) is 14.3 Å². The number of carbonyl (C=O) groups excluding carboxylic acids is 3. The second-order valence-electron chi connectivity index (χ2n) is 5.48. The van der Waals surface area contributed by atoms with Crippen molar-refractivity contribution in [3.05, 3.63) is 52.5 Å². The molecule has 0 heterocycles. The molecule has 27 heavy (non-hydrogen) atoms. The zero-order valence-electron chi connectivity index (χ0n) is 14.8. The van der Waals surface area contributed by atoms with E-state index >= 15 is 0 Å². The number of aryl methyl sites for hydroxylation is 1. The number of nitrogens with one attached hydrogen (secondary N) is 1. The molecule has 0 bridgehead atoms. The van der Waals surface area contributed by atoms with E-state index in [-0.39, 0.29) is 5.75 Å². The molecule has 0 aliphatic heterocycles. The van der Waals surface area contributed by atoms with Gasteiger partial charge in [-0.3, -0.25) is 9.59 Å². The highest BCUT2D eigenvalue weighted by Crippen LogP contribution is 2.27. The van der Waals surface area contributed by atoms with Crippen LogP contribution in [-0.4, -0.2) is 38.5 Å². The van der Waals surface area contributed by atoms with E-state index in [0.717, 1.165) is 5.56 Å². The van der Waals surface area contributed by atoms with Gasteiger partial charge in [0.15, 0.2) is 24.7 Å². The summed E-state index contributed by atoms with van der Waals surface area (Å²) in [5, 5.41) is 3.19. The number of hydrogen-bond donors (Lipinski definition) is 1. The number of rotatable bonds is 8. The molecule has 0 saturated heterocycles. The number of carbonyl (C=O) groups is 3. The summed E-state index contributed by atoms with van der Waals surface area (Å²) in [7, 11) is 1.41. The predicted octanol–water partition coefficient (Wildman–Crippen LogP) is 3.03. The van der Waals surface area contributed by atoms with Crippen LogP contribution < -0.4 is 14.8 Å². The summed E-state index contributed by atoms with van der Waals surface area (Å²) in [4.78, 5) is 34.4. The lowest BCUT2D eigenvalue weighted by Crippen LogP contribution is -2.24. The van der Waals surface area contributed by atoms with Gasteiger partial charge in [-0.2, -0.15) is 0 Å². The van der Waals surface area contributed by atoms with E-state index in [2.05, 4.69) is 5.32 Å². The molecule has 0 atom stereocenters. The highest BCUT2D eigenvalue weighted by Gasteiger charge is 2.12. The summed E-state index contributed by atoms with van der Waals surface area (Å²) in [5.41, 5.74) is 1.78. The van der Waals surface area contributed by atoms with Gasteiger partial charge in [-0.05, 0) is 48.9 Å². The van der Waals surface area contributed by atoms with E-state index in [0.29, 0.717) is 28.3 Å². The number of aldehydes is 1. The number of esters is 1. The fourth-order valence-corrected chi connectivity index (χ4v) is 2.38. The average Bonchev–Trinajstić information content (AvgIpc) is 2.66. The SMILES string of the molecule is COc1cc(C=O)ccc1OCC(=O)OCC(=O)Nc1ccc(Cl)cc1C. The Balaban J connectivity index is 1.82. The Morgan fingerprint density at radius 1 is 1.11 bits per heavy atom. The maximum atomic E-state index is 11.9. The fourth-order valence-electron chi connectivity index (χ4n) is 2.15. The zero-order chi connectivity index (χ0) is 19.8. The van der Waals surface area contributed by atoms with Gasteiger partial charge in [-0.1, -0.05) is 11.6 Å². The summed E-state index contributed by atoms with van der Waals surface area (Å²) in [6.45, 7) is 0.931. The molecular weight excluding hydrogens is 374 g/mol. The predicted molar refractivity (Wildman–Crippen MR) is 99.7 cm³/mol. The Labute approximate surface area is 161 Å². The number of amides is 1. The number of halogens is 1. The molecule has 2 rings (SSSR count). The summed E-state index contributed by atoms with van der Waals surface area (Å²) >= 11 is 5.86. The molecule has 0 aliphatic carbocycles. The second kappa shape index (κ2) is 9.59. The minimum Gasteiger partial charge on any atom is -0.493 e. The van der Waals surface area contributed by atoms with Crippen molar-refractivity contribution in [2.45, 2.75) is 6.92 Å². The minimum atomic E-state index is -0.723. The molecule has 2 aromatic carbocycles. The quantitative estimate of drug-likeness (QED) is 0.549. The van der Waals surface area contributed by atoms with E-state index in [1.165, 1.54) is 25.3 Å². The van der Waals surface area contributed by atoms with Gasteiger partial charge in [0.2, 0.25) is 0 Å². The smallest absolute Gasteiger partial charge is 0.344 e. The second-order valence-corrected chi connectivity index (χ2v) is 5.92. The van der Waals surface area contributed by atoms with Gasteiger partial charge in [-0.15, -0.1) is 0 Å². The maximum Gasteiger partial charge on any atom is 0.344 e. The van der Waals surface area contributed by atoms with Crippen molar-refractivity contribution in [3.63, 3.8) is 0 Å². The van der Waals surface area contributed by atoms with Gasteiger partial charge < -0.3 is 19.5 Å². The molecule has 2 aromatic rings. The van der Waals surface area contributed by atoms with E-state index < -0.39 is 25.1 Å². The molecule has 7 nitrogen and oxygen atoms in total. The van der Waals surface area contributed by atoms with Crippen LogP contribution in [0.2, 0.25) is 5.02 Å². The normalized spacial score (nSPS) is 10.0. The first-order valence-corrected chi connectivity index (χ1v) is 8.28. The molecule has 1 N–H and O–H groups in total. The largest absolute Gasteiger partial charge is 0.493 e. The number of methoxy groups -OCH3 is 1. The Hall–Kier alpha value is -3.06. The third kappa shape index (κ3) is 6.00. The van der Waals surface area contributed by atoms with E-state index in [4.69, 9.17) is 25.8 Å². The molecule has 0 unspecified atom stereocenters. The highest BCUT2D eigenvalue weighted by molar-refractivity contribution is 6.30. The van der Waals surface area contributed by atoms with Crippen LogP contribution in [0, 0.1) is 6.92 Å². The van der Waals surface area contributed by atoms with Crippen molar-refractivity contribution < 1.29 is 28.6 Å². The van der Waals surface area contributed by atoms with Gasteiger partial charge in [-0.25, -0.2) is 4.79 Å². The lowest BCUT2D eigenvalue weighted by Gasteiger charge is -2.11. The average molecular weight is 392 g/mol. The van der Waals surface area contributed by atoms with Crippen molar-refractivity contribution >= 4 is 35.5 Å². The first-order chi connectivity index (χ1) is 12.9. The van der Waals surface area contributed by atoms with Crippen molar-refractivity contribution in [2.24, 2.45) is 0 Å². The van der Waals surface area contributed by atoms with Gasteiger partial charge in [0.05, 0.1) is 7.11 Å². The molecule has 142 valence electrons. The van der Waals surface area contributed by atoms with Crippen LogP contribution in [0.5, 0.6) is 11.5 Å². The zero-order valence-corrected chi connectivity index (χ0v) is 15.5. The molecule has 0 radical (unpaired) electrons. The summed E-state index contributed by atoms with van der Waals surface area (Å²) in [6.07, 6.45) is 0.668. The fraction of sp³-hybridized carbons (Fsp3) is 0.211. The third-order valence-electron chi connectivity index (χ3n) is 3.50. The summed E-state index contributed by atoms with van der Waals surface area (Å²) in [5.74, 6) is -0.620. The van der Waals surface area contributed by atoms with Gasteiger partial charge in [0.25, 0.3) is 5.91 Å². The third-order valence-corrected chi connectivity index (χ3v) is 3.73. The van der Waals surface area contributed by atoms with Crippen molar-refractivity contribution in [2.75, 3.05) is 25.6 Å². The van der Waals surface area contributed by atoms with Crippen molar-refractivity contribution in [1.82, 2.24) is 0 Å². The molecule has 0 aliphatic rings. The lowest BCUT2D eigenvalue weighted by atomic mass is 10.2. The van der Waals surface area contributed by atoms with Gasteiger partial charge in [0, 0.05) is 16.3 Å². The monoisotopic (exact) mass is 391 g/mol. The van der Waals surface area contributed by atoms with Gasteiger partial charge >= 0.3 is 5.97 Å². The first-order valence-electron chi connectivity index (χ1n) is 7.90. The Morgan fingerprint density at radius 2 is 1.89 bits per heavy atom. The van der Waals surface area contributed by atoms with Gasteiger partial charge in [0.1, 0.15) is 6.29 Å². The molecule has 0 fully saturated rings. The number of anilines is 1. The van der Waals surface area contributed by atoms with Crippen molar-refractivity contribution in [1.29, 1.82) is 0 Å². The van der Waals surface area contributed by atoms with E-state index in [1.807, 2.05) is 0 Å². The highest BCUT2D eigenvalue weighted by atomic mass is 35.5. The maximum absolute atomic E-state index is 11.9. The number of ether oxygens (including phenoxy) is 3. The first kappa shape index (κ1) is 20.3. The number of hydrogen-bond acceptors (Lipinski definition) is 6. The molecule has 0 aromatic heterocycles. The van der Waals surface area contributed by atoms with E-state index in [9.17, 15) is 14.4 Å². The minimum absolute atomic E-state index is 0.279. The van der Waals surface area contributed by atoms with Crippen LogP contribution in [0.1, 0.15) is 15.9 Å². The Bertz CT molecular complexity index is 852. The Morgan fingerprint density at radius 3 is 2.56 bits per heavy atom. The number of benzene rings is 2. The summed E-state index contributed by atoms with van der Waals surface area (Å²) < 4.78 is 15.3. The van der Waals surface area contributed by atoms with Crippen LogP contribution in [0.3, 0.4) is 0 Å². The molecule has 8 heteroatoms. The topological polar surface area (TPSA) is 90.9 Å². The Kier molecular flexibility index (Phi) is 7.19. The standard InChI is InChI=1S/C19H18ClNO6/c1-12-7-14(20)4-5-15(12)21-18(23)10-27-19(24)11-26-16-6-3-13(9-22)8-17(16)25-2/h3-9H,10-11H2,1-2H3,(H,21,23). The molecule has 1 amide bonds. The summed E-state index contributed by atoms with van der Waals surface area (Å²) in [6, 6.07) is 9.53. The van der Waals surface area contributed by atoms with Crippen LogP contribution in [0.4, 0.5) is 5.69 Å². The van der Waals surface area contributed by atoms with Crippen molar-refractivity contribution in [3.8, 4) is 11.5 Å².